The molecule has 0 aliphatic carbocycles. The Labute approximate surface area is 112 Å². The molecule has 5 nitrogen and oxygen atoms in total. The molecule has 0 aromatic rings. The summed E-state index contributed by atoms with van der Waals surface area (Å²) in [5.41, 5.74) is 0. The van der Waals surface area contributed by atoms with Crippen LogP contribution in [0.2, 0.25) is 0 Å². The molecule has 0 fully saturated rings. The third-order valence-corrected chi connectivity index (χ3v) is 2.39. The van der Waals surface area contributed by atoms with Gasteiger partial charge in [0.1, 0.15) is 0 Å². The van der Waals surface area contributed by atoms with Crippen LogP contribution in [-0.4, -0.2) is 42.9 Å². The van der Waals surface area contributed by atoms with Crippen LogP contribution in [0.1, 0.15) is 0 Å². The highest BCUT2D eigenvalue weighted by atomic mass is 32.2. The quantitative estimate of drug-likeness (QED) is 0.565. The zero-order valence-corrected chi connectivity index (χ0v) is 9.96. The van der Waals surface area contributed by atoms with E-state index in [9.17, 15) is 56.7 Å². The van der Waals surface area contributed by atoms with Crippen LogP contribution in [0.4, 0.5) is 48.3 Å². The van der Waals surface area contributed by atoms with Gasteiger partial charge in [-0.05, 0) is 0 Å². The van der Waals surface area contributed by atoms with E-state index < -0.39 is 40.1 Å². The van der Waals surface area contributed by atoms with E-state index in [1.165, 1.54) is 9.47 Å². The monoisotopic (exact) mass is 382 g/mol. The molecular weight excluding hydrogens is 381 g/mol. The van der Waals surface area contributed by atoms with Gasteiger partial charge in [0, 0.05) is 0 Å². The van der Waals surface area contributed by atoms with Gasteiger partial charge in [0.15, 0.2) is 0 Å². The van der Waals surface area contributed by atoms with Gasteiger partial charge in [0.05, 0.1) is 0 Å². The Kier molecular flexibility index (Phi) is 5.08. The lowest BCUT2D eigenvalue weighted by atomic mass is 10.5. The molecule has 0 bridgehead atoms. The Hall–Kier alpha value is -0.940. The van der Waals surface area contributed by atoms with E-state index in [4.69, 9.17) is 4.55 Å². The fourth-order valence-electron chi connectivity index (χ4n) is 0.635. The van der Waals surface area contributed by atoms with Crippen LogP contribution < -0.4 is 0 Å². The van der Waals surface area contributed by atoms with E-state index in [-0.39, 0.29) is 0 Å². The van der Waals surface area contributed by atoms with Crippen LogP contribution in [-0.2, 0) is 19.6 Å². The Balaban J connectivity index is 5.61. The molecule has 0 aliphatic heterocycles. The minimum Gasteiger partial charge on any atom is -0.281 e. The lowest BCUT2D eigenvalue weighted by molar-refractivity contribution is -0.537. The minimum absolute atomic E-state index is 1.44. The minimum atomic E-state index is -7.16. The van der Waals surface area contributed by atoms with Gasteiger partial charge >= 0.3 is 40.1 Å². The van der Waals surface area contributed by atoms with Gasteiger partial charge in [0.2, 0.25) is 0 Å². The van der Waals surface area contributed by atoms with Crippen LogP contribution in [0, 0.1) is 0 Å². The molecule has 0 heterocycles. The first-order valence-corrected chi connectivity index (χ1v) is 5.56. The molecule has 0 aromatic heterocycles. The fraction of sp³-hybridized carbons (Fsp3) is 1.00. The summed E-state index contributed by atoms with van der Waals surface area (Å²) >= 11 is 0. The van der Waals surface area contributed by atoms with Crippen LogP contribution in [0.3, 0.4) is 0 Å². The molecule has 0 atom stereocenters. The summed E-state index contributed by atoms with van der Waals surface area (Å²) in [4.78, 5) is 0. The highest BCUT2D eigenvalue weighted by molar-refractivity contribution is 7.86. The molecule has 0 rings (SSSR count). The van der Waals surface area contributed by atoms with E-state index in [0.717, 1.165) is 0 Å². The van der Waals surface area contributed by atoms with Gasteiger partial charge in [-0.2, -0.15) is 43.5 Å². The molecule has 0 amide bonds. The van der Waals surface area contributed by atoms with Gasteiger partial charge in [-0.3, -0.25) is 4.55 Å². The lowest BCUT2D eigenvalue weighted by Crippen LogP contribution is -2.57. The van der Waals surface area contributed by atoms with Crippen LogP contribution in [0.25, 0.3) is 0 Å². The molecule has 17 heteroatoms. The maximum atomic E-state index is 12.5. The van der Waals surface area contributed by atoms with Crippen molar-refractivity contribution in [1.29, 1.82) is 0 Å². The van der Waals surface area contributed by atoms with Crippen molar-refractivity contribution in [2.24, 2.45) is 0 Å². The SMILES string of the molecule is O=S(=O)(O)C(F)(F)C(F)(F)OC(F)(F)C(F)(F)OC(F)(F)F. The first kappa shape index (κ1) is 21.1. The number of ether oxygens (including phenoxy) is 2. The molecule has 1 N–H and O–H groups in total. The van der Waals surface area contributed by atoms with Gasteiger partial charge in [-0.15, -0.1) is 13.2 Å². The van der Waals surface area contributed by atoms with Gasteiger partial charge in [-0.25, -0.2) is 9.47 Å². The molecular formula is C5HF11O5S. The maximum absolute atomic E-state index is 12.5. The molecule has 0 aromatic carbocycles. The highest BCUT2D eigenvalue weighted by Crippen LogP contribution is 2.48. The topological polar surface area (TPSA) is 72.8 Å². The average molecular weight is 382 g/mol. The molecule has 134 valence electrons. The summed E-state index contributed by atoms with van der Waals surface area (Å²) in [5.74, 6) is 0. The van der Waals surface area contributed by atoms with Gasteiger partial charge in [-0.1, -0.05) is 0 Å². The van der Waals surface area contributed by atoms with Crippen molar-refractivity contribution >= 4 is 10.1 Å². The number of halogens is 11. The highest BCUT2D eigenvalue weighted by Gasteiger charge is 2.75. The predicted molar refractivity (Wildman–Crippen MR) is 39.6 cm³/mol. The number of alkyl halides is 11. The van der Waals surface area contributed by atoms with E-state index in [2.05, 4.69) is 0 Å². The zero-order chi connectivity index (χ0) is 18.4. The molecule has 22 heavy (non-hydrogen) atoms. The Morgan fingerprint density at radius 1 is 0.636 bits per heavy atom. The molecule has 0 spiro atoms. The Bertz CT molecular complexity index is 507. The number of hydrogen-bond donors (Lipinski definition) is 1. The van der Waals surface area contributed by atoms with Gasteiger partial charge < -0.3 is 0 Å². The van der Waals surface area contributed by atoms with Crippen molar-refractivity contribution in [3.63, 3.8) is 0 Å². The largest absolute Gasteiger partial charge is 0.527 e. The third kappa shape index (κ3) is 4.29. The molecule has 0 aliphatic rings. The number of rotatable bonds is 6. The van der Waals surface area contributed by atoms with E-state index in [1.807, 2.05) is 0 Å². The van der Waals surface area contributed by atoms with Crippen molar-refractivity contribution in [1.82, 2.24) is 0 Å². The lowest BCUT2D eigenvalue weighted by Gasteiger charge is -2.31. The van der Waals surface area contributed by atoms with Crippen LogP contribution in [0.15, 0.2) is 0 Å². The molecule has 0 unspecified atom stereocenters. The van der Waals surface area contributed by atoms with Crippen molar-refractivity contribution in [3.8, 4) is 0 Å². The second-order valence-electron chi connectivity index (χ2n) is 3.19. The van der Waals surface area contributed by atoms with E-state index in [0.29, 0.717) is 0 Å². The second kappa shape index (κ2) is 5.31. The van der Waals surface area contributed by atoms with E-state index >= 15 is 0 Å². The fourth-order valence-corrected chi connectivity index (χ4v) is 0.977. The Morgan fingerprint density at radius 2 is 0.955 bits per heavy atom. The van der Waals surface area contributed by atoms with Crippen LogP contribution in [0.5, 0.6) is 0 Å². The van der Waals surface area contributed by atoms with Gasteiger partial charge in [0.25, 0.3) is 0 Å². The summed E-state index contributed by atoms with van der Waals surface area (Å²) in [6, 6.07) is 0. The molecule has 0 saturated carbocycles. The summed E-state index contributed by atoms with van der Waals surface area (Å²) in [6.07, 6.45) is -27.6. The summed E-state index contributed by atoms with van der Waals surface area (Å²) < 4.78 is 164. The van der Waals surface area contributed by atoms with Crippen molar-refractivity contribution in [2.45, 2.75) is 29.9 Å². The van der Waals surface area contributed by atoms with Crippen molar-refractivity contribution in [2.75, 3.05) is 0 Å². The van der Waals surface area contributed by atoms with E-state index in [1.54, 1.807) is 0 Å². The first-order valence-electron chi connectivity index (χ1n) is 4.12. The summed E-state index contributed by atoms with van der Waals surface area (Å²) in [7, 11) is -7.16. The zero-order valence-electron chi connectivity index (χ0n) is 9.15. The smallest absolute Gasteiger partial charge is 0.281 e. The molecule has 0 saturated heterocycles. The van der Waals surface area contributed by atoms with Crippen molar-refractivity contribution < 1.29 is 70.7 Å². The summed E-state index contributed by atoms with van der Waals surface area (Å²) in [5, 5.41) is -6.89. The predicted octanol–water partition coefficient (Wildman–Crippen LogP) is 2.80. The Morgan fingerprint density at radius 3 is 1.23 bits per heavy atom. The summed E-state index contributed by atoms with van der Waals surface area (Å²) in [6.45, 7) is 0. The average Bonchev–Trinajstić information content (AvgIpc) is 2.08. The second-order valence-corrected chi connectivity index (χ2v) is 4.65. The maximum Gasteiger partial charge on any atom is 0.527 e. The van der Waals surface area contributed by atoms with Crippen LogP contribution >= 0.6 is 0 Å². The standard InChI is InChI=1S/C5HF11O5S/c6-1(7,2(8,9)21-5(14,15)16)20-3(10,11)4(12,13)22(17,18)19/h(H,17,18,19). The first-order chi connectivity index (χ1) is 9.16. The van der Waals surface area contributed by atoms with Crippen molar-refractivity contribution in [3.05, 3.63) is 0 Å². The molecule has 0 radical (unpaired) electrons. The third-order valence-electron chi connectivity index (χ3n) is 1.50. The normalized spacial score (nSPS) is 16.0. The number of hydrogen-bond acceptors (Lipinski definition) is 4.